The van der Waals surface area contributed by atoms with Crippen LogP contribution in [0.3, 0.4) is 0 Å². The summed E-state index contributed by atoms with van der Waals surface area (Å²) in [5.41, 5.74) is 0.137. The fourth-order valence-corrected chi connectivity index (χ4v) is 5.18. The summed E-state index contributed by atoms with van der Waals surface area (Å²) in [5, 5.41) is 3.51. The van der Waals surface area contributed by atoms with E-state index in [1.54, 1.807) is 13.1 Å². The quantitative estimate of drug-likeness (QED) is 0.680. The van der Waals surface area contributed by atoms with Crippen molar-refractivity contribution >= 4 is 28.3 Å². The van der Waals surface area contributed by atoms with Gasteiger partial charge >= 0.3 is 5.97 Å². The van der Waals surface area contributed by atoms with Gasteiger partial charge in [-0.1, -0.05) is 12.2 Å². The number of rotatable bonds is 4. The van der Waals surface area contributed by atoms with Crippen LogP contribution in [0.2, 0.25) is 0 Å². The molecule has 2 saturated carbocycles. The summed E-state index contributed by atoms with van der Waals surface area (Å²) in [7, 11) is 0. The van der Waals surface area contributed by atoms with Crippen molar-refractivity contribution in [3.05, 3.63) is 23.2 Å². The molecule has 0 radical (unpaired) electrons. The molecule has 122 valence electrons. The first-order chi connectivity index (χ1) is 11.1. The standard InChI is InChI=1S/C17H20N2O3S/c1-3-22-15(21)13-11-5-4-10(17(11)6-7-17)12(13)14(20)19-16-18-8-9(2)23-16/h4-5,8,10-13H,3,6-7H2,1-2H3,(H,18,19,20)/t10-,11+,12+,13+/m0/s1. The highest BCUT2D eigenvalue weighted by Gasteiger charge is 2.70. The lowest BCUT2D eigenvalue weighted by Crippen LogP contribution is -2.37. The molecule has 2 bridgehead atoms. The number of thiazole rings is 1. The Morgan fingerprint density at radius 1 is 1.35 bits per heavy atom. The molecule has 23 heavy (non-hydrogen) atoms. The van der Waals surface area contributed by atoms with Crippen molar-refractivity contribution in [1.82, 2.24) is 4.98 Å². The fraction of sp³-hybridized carbons (Fsp3) is 0.588. The number of carbonyl (C=O) groups is 2. The van der Waals surface area contributed by atoms with E-state index in [1.807, 2.05) is 6.92 Å². The summed E-state index contributed by atoms with van der Waals surface area (Å²) in [4.78, 5) is 30.6. The molecule has 1 heterocycles. The maximum atomic E-state index is 12.9. The van der Waals surface area contributed by atoms with Crippen LogP contribution < -0.4 is 5.32 Å². The molecule has 3 aliphatic rings. The summed E-state index contributed by atoms with van der Waals surface area (Å²) in [5.74, 6) is -0.709. The second-order valence-electron chi connectivity index (χ2n) is 6.74. The molecule has 3 aliphatic carbocycles. The van der Waals surface area contributed by atoms with Crippen LogP contribution in [0, 0.1) is 36.0 Å². The van der Waals surface area contributed by atoms with Crippen molar-refractivity contribution in [2.24, 2.45) is 29.1 Å². The zero-order valence-corrected chi connectivity index (χ0v) is 14.1. The number of hydrogen-bond acceptors (Lipinski definition) is 5. The van der Waals surface area contributed by atoms with E-state index >= 15 is 0 Å². The van der Waals surface area contributed by atoms with E-state index in [-0.39, 0.29) is 41.0 Å². The number of aryl methyl sites for hydroxylation is 1. The van der Waals surface area contributed by atoms with Gasteiger partial charge in [0.1, 0.15) is 0 Å². The van der Waals surface area contributed by atoms with Gasteiger partial charge in [0.15, 0.2) is 5.13 Å². The lowest BCUT2D eigenvalue weighted by Gasteiger charge is -2.24. The van der Waals surface area contributed by atoms with Gasteiger partial charge in [-0.25, -0.2) is 4.98 Å². The molecule has 1 amide bonds. The third-order valence-corrected chi connectivity index (χ3v) is 6.38. The predicted molar refractivity (Wildman–Crippen MR) is 86.9 cm³/mol. The van der Waals surface area contributed by atoms with E-state index in [9.17, 15) is 9.59 Å². The molecular weight excluding hydrogens is 312 g/mol. The number of amides is 1. The molecule has 1 N–H and O–H groups in total. The van der Waals surface area contributed by atoms with Gasteiger partial charge in [0.25, 0.3) is 0 Å². The Kier molecular flexibility index (Phi) is 3.34. The summed E-state index contributed by atoms with van der Waals surface area (Å²) in [6.45, 7) is 4.11. The van der Waals surface area contributed by atoms with Crippen LogP contribution in [-0.2, 0) is 14.3 Å². The maximum Gasteiger partial charge on any atom is 0.310 e. The number of esters is 1. The summed E-state index contributed by atoms with van der Waals surface area (Å²) in [6.07, 6.45) is 8.23. The van der Waals surface area contributed by atoms with Crippen molar-refractivity contribution in [1.29, 1.82) is 0 Å². The van der Waals surface area contributed by atoms with Gasteiger partial charge in [0.2, 0.25) is 5.91 Å². The molecule has 0 aliphatic heterocycles. The number of nitrogens with zero attached hydrogens (tertiary/aromatic N) is 1. The van der Waals surface area contributed by atoms with E-state index < -0.39 is 0 Å². The largest absolute Gasteiger partial charge is 0.466 e. The fourth-order valence-electron chi connectivity index (χ4n) is 4.52. The van der Waals surface area contributed by atoms with Crippen LogP contribution in [0.5, 0.6) is 0 Å². The summed E-state index contributed by atoms with van der Waals surface area (Å²) in [6, 6.07) is 0. The second-order valence-corrected chi connectivity index (χ2v) is 7.97. The smallest absolute Gasteiger partial charge is 0.310 e. The summed E-state index contributed by atoms with van der Waals surface area (Å²) >= 11 is 1.45. The highest BCUT2D eigenvalue weighted by molar-refractivity contribution is 7.15. The van der Waals surface area contributed by atoms with Gasteiger partial charge in [-0.3, -0.25) is 9.59 Å². The minimum atomic E-state index is -0.353. The third kappa shape index (κ3) is 2.15. The Hall–Kier alpha value is -1.69. The monoisotopic (exact) mass is 332 g/mol. The van der Waals surface area contributed by atoms with Gasteiger partial charge in [-0.15, -0.1) is 11.3 Å². The van der Waals surface area contributed by atoms with Crippen LogP contribution in [-0.4, -0.2) is 23.5 Å². The van der Waals surface area contributed by atoms with Crippen LogP contribution in [0.15, 0.2) is 18.3 Å². The average molecular weight is 332 g/mol. The molecule has 0 unspecified atom stereocenters. The number of hydrogen-bond donors (Lipinski definition) is 1. The number of anilines is 1. The maximum absolute atomic E-state index is 12.9. The lowest BCUT2D eigenvalue weighted by molar-refractivity contribution is -0.152. The molecule has 1 spiro atoms. The van der Waals surface area contributed by atoms with Gasteiger partial charge in [0, 0.05) is 11.1 Å². The normalized spacial score (nSPS) is 32.3. The Labute approximate surface area is 139 Å². The van der Waals surface area contributed by atoms with Gasteiger partial charge < -0.3 is 10.1 Å². The molecule has 0 aromatic carbocycles. The Balaban J connectivity index is 1.61. The van der Waals surface area contributed by atoms with Gasteiger partial charge in [-0.05, 0) is 43.9 Å². The first kappa shape index (κ1) is 14.9. The van der Waals surface area contributed by atoms with Gasteiger partial charge in [-0.2, -0.15) is 0 Å². The Bertz CT molecular complexity index is 692. The highest BCUT2D eigenvalue weighted by atomic mass is 32.1. The molecule has 4 rings (SSSR count). The number of allylic oxidation sites excluding steroid dienone is 2. The number of carbonyl (C=O) groups excluding carboxylic acids is 2. The van der Waals surface area contributed by atoms with E-state index in [2.05, 4.69) is 22.5 Å². The van der Waals surface area contributed by atoms with Crippen LogP contribution in [0.1, 0.15) is 24.6 Å². The Morgan fingerprint density at radius 3 is 2.61 bits per heavy atom. The zero-order valence-electron chi connectivity index (χ0n) is 13.2. The number of ether oxygens (including phenoxy) is 1. The molecule has 4 atom stereocenters. The minimum Gasteiger partial charge on any atom is -0.466 e. The van der Waals surface area contributed by atoms with E-state index in [4.69, 9.17) is 4.74 Å². The van der Waals surface area contributed by atoms with E-state index in [0.29, 0.717) is 11.7 Å². The van der Waals surface area contributed by atoms with Gasteiger partial charge in [0.05, 0.1) is 18.4 Å². The number of nitrogens with one attached hydrogen (secondary N) is 1. The molecule has 0 saturated heterocycles. The topological polar surface area (TPSA) is 68.3 Å². The SMILES string of the molecule is CCOC(=O)[C@H]1[C@H](C(=O)Nc2ncc(C)s2)[C@@H]2C=C[C@H]1C21CC1. The van der Waals surface area contributed by atoms with Crippen LogP contribution in [0.4, 0.5) is 5.13 Å². The molecule has 6 heteroatoms. The molecular formula is C17H20N2O3S. The van der Waals surface area contributed by atoms with E-state index in [1.165, 1.54) is 11.3 Å². The molecule has 1 aromatic rings. The predicted octanol–water partition coefficient (Wildman–Crippen LogP) is 2.78. The minimum absolute atomic E-state index is 0.0967. The molecule has 5 nitrogen and oxygen atoms in total. The zero-order chi connectivity index (χ0) is 16.2. The number of aromatic nitrogens is 1. The first-order valence-corrected chi connectivity index (χ1v) is 8.97. The molecule has 1 aromatic heterocycles. The summed E-state index contributed by atoms with van der Waals surface area (Å²) < 4.78 is 5.27. The van der Waals surface area contributed by atoms with Crippen molar-refractivity contribution in [2.75, 3.05) is 11.9 Å². The van der Waals surface area contributed by atoms with Crippen molar-refractivity contribution in [3.8, 4) is 0 Å². The van der Waals surface area contributed by atoms with E-state index in [0.717, 1.165) is 17.7 Å². The van der Waals surface area contributed by atoms with Crippen LogP contribution >= 0.6 is 11.3 Å². The molecule has 2 fully saturated rings. The lowest BCUT2D eigenvalue weighted by atomic mass is 9.82. The second kappa shape index (κ2) is 5.16. The van der Waals surface area contributed by atoms with Crippen molar-refractivity contribution in [2.45, 2.75) is 26.7 Å². The van der Waals surface area contributed by atoms with Crippen molar-refractivity contribution in [3.63, 3.8) is 0 Å². The third-order valence-electron chi connectivity index (χ3n) is 5.55. The van der Waals surface area contributed by atoms with Crippen molar-refractivity contribution < 1.29 is 14.3 Å². The average Bonchev–Trinajstić information content (AvgIpc) is 3.01. The Morgan fingerprint density at radius 2 is 2.04 bits per heavy atom. The van der Waals surface area contributed by atoms with Crippen LogP contribution in [0.25, 0.3) is 0 Å². The first-order valence-electron chi connectivity index (χ1n) is 8.15. The highest BCUT2D eigenvalue weighted by Crippen LogP contribution is 2.72.